The summed E-state index contributed by atoms with van der Waals surface area (Å²) in [6, 6.07) is 0. The Kier molecular flexibility index (Phi) is 6.63. The van der Waals surface area contributed by atoms with Gasteiger partial charge < -0.3 is 0 Å². The molecule has 0 saturated heterocycles. The molecule has 0 bridgehead atoms. The summed E-state index contributed by atoms with van der Waals surface area (Å²) in [7, 11) is -0.608. The molecular formula is C6H15LiO3Si. The zero-order chi connectivity index (χ0) is 8.74. The van der Waals surface area contributed by atoms with Crippen molar-refractivity contribution in [2.75, 3.05) is 20.3 Å². The van der Waals surface area contributed by atoms with Crippen molar-refractivity contribution in [2.24, 2.45) is 0 Å². The summed E-state index contributed by atoms with van der Waals surface area (Å²) >= 11 is 1.91. The van der Waals surface area contributed by atoms with Crippen LogP contribution in [-0.4, -0.2) is 44.5 Å². The topological polar surface area (TPSA) is 27.7 Å². The van der Waals surface area contributed by atoms with Crippen LogP contribution in [0, 0.1) is 0 Å². The summed E-state index contributed by atoms with van der Waals surface area (Å²) in [4.78, 5) is 0. The fourth-order valence-electron chi connectivity index (χ4n) is 0.709. The molecule has 0 aliphatic heterocycles. The molecule has 0 fully saturated rings. The van der Waals surface area contributed by atoms with Gasteiger partial charge in [0.1, 0.15) is 0 Å². The van der Waals surface area contributed by atoms with Gasteiger partial charge in [0.2, 0.25) is 0 Å². The first-order chi connectivity index (χ1) is 5.18. The van der Waals surface area contributed by atoms with E-state index in [0.717, 1.165) is 13.0 Å². The molecule has 0 aromatic carbocycles. The molecule has 0 aromatic heterocycles. The van der Waals surface area contributed by atoms with Crippen LogP contribution in [0.25, 0.3) is 0 Å². The molecule has 0 aliphatic rings. The quantitative estimate of drug-likeness (QED) is 0.549. The zero-order valence-electron chi connectivity index (χ0n) is 7.85. The Morgan fingerprint density at radius 3 is 2.27 bits per heavy atom. The van der Waals surface area contributed by atoms with Crippen LogP contribution in [0.5, 0.6) is 0 Å². The van der Waals surface area contributed by atoms with Gasteiger partial charge in [0.25, 0.3) is 0 Å². The van der Waals surface area contributed by atoms with Crippen molar-refractivity contribution in [3.8, 4) is 0 Å². The van der Waals surface area contributed by atoms with Crippen LogP contribution >= 0.6 is 0 Å². The van der Waals surface area contributed by atoms with E-state index in [1.165, 1.54) is 0 Å². The van der Waals surface area contributed by atoms with Crippen LogP contribution in [0.4, 0.5) is 0 Å². The summed E-state index contributed by atoms with van der Waals surface area (Å²) in [6.07, 6.45) is 0.999. The van der Waals surface area contributed by atoms with Gasteiger partial charge in [-0.3, -0.25) is 0 Å². The molecule has 0 rings (SSSR count). The van der Waals surface area contributed by atoms with Crippen molar-refractivity contribution in [1.29, 1.82) is 0 Å². The second kappa shape index (κ2) is 6.24. The van der Waals surface area contributed by atoms with Crippen molar-refractivity contribution in [1.82, 2.24) is 0 Å². The van der Waals surface area contributed by atoms with Crippen LogP contribution in [-0.2, 0) is 13.3 Å². The summed E-state index contributed by atoms with van der Waals surface area (Å²) in [5.41, 5.74) is 0. The summed E-state index contributed by atoms with van der Waals surface area (Å²) in [6.45, 7) is 5.38. The molecule has 0 N–H and O–H groups in total. The summed E-state index contributed by atoms with van der Waals surface area (Å²) in [5.74, 6) is 0. The van der Waals surface area contributed by atoms with Crippen LogP contribution in [0.1, 0.15) is 20.3 Å². The molecule has 11 heavy (non-hydrogen) atoms. The first-order valence-corrected chi connectivity index (χ1v) is 6.24. The van der Waals surface area contributed by atoms with Crippen molar-refractivity contribution in [3.05, 3.63) is 0 Å². The molecule has 0 amide bonds. The maximum absolute atomic E-state index is 5.46. The van der Waals surface area contributed by atoms with Crippen LogP contribution in [0.15, 0.2) is 0 Å². The Balaban J connectivity index is 3.68. The van der Waals surface area contributed by atoms with E-state index in [1.807, 2.05) is 24.0 Å². The van der Waals surface area contributed by atoms with Gasteiger partial charge in [0.15, 0.2) is 0 Å². The molecule has 1 atom stereocenters. The molecule has 0 saturated carbocycles. The zero-order valence-corrected chi connectivity index (χ0v) is 8.85. The maximum atomic E-state index is 5.46. The molecule has 3 nitrogen and oxygen atoms in total. The minimum atomic E-state index is -2.24. The Hall–Kier alpha value is 0.694. The monoisotopic (exact) mass is 170 g/mol. The predicted octanol–water partition coefficient (Wildman–Crippen LogP) is 0.700. The fraction of sp³-hybridized carbons (Fsp3) is 1.00. The minimum absolute atomic E-state index is 0.653. The van der Waals surface area contributed by atoms with Crippen LogP contribution in [0.3, 0.4) is 0 Å². The third kappa shape index (κ3) is 5.02. The Labute approximate surface area is 78.3 Å². The normalized spacial score (nSPS) is 16.5. The van der Waals surface area contributed by atoms with Gasteiger partial charge in [-0.2, -0.15) is 0 Å². The van der Waals surface area contributed by atoms with E-state index >= 15 is 0 Å². The standard InChI is InChI=1S/C6H15O3Si.Li/c1-4-6-9-10(7-3)8-5-2;/h4-6H2,1-3H3;. The van der Waals surface area contributed by atoms with Crippen molar-refractivity contribution >= 4 is 24.2 Å². The van der Waals surface area contributed by atoms with E-state index in [9.17, 15) is 0 Å². The van der Waals surface area contributed by atoms with Gasteiger partial charge in [-0.1, -0.05) is 0 Å². The molecule has 0 radical (unpaired) electrons. The van der Waals surface area contributed by atoms with Gasteiger partial charge in [-0.05, 0) is 0 Å². The van der Waals surface area contributed by atoms with E-state index in [0.29, 0.717) is 6.61 Å². The Morgan fingerprint density at radius 2 is 1.91 bits per heavy atom. The predicted molar refractivity (Wildman–Crippen MR) is 46.4 cm³/mol. The third-order valence-electron chi connectivity index (χ3n) is 1.35. The van der Waals surface area contributed by atoms with E-state index in [1.54, 1.807) is 7.11 Å². The number of hydrogen-bond donors (Lipinski definition) is 0. The second-order valence-corrected chi connectivity index (χ2v) is 5.06. The average Bonchev–Trinajstić information content (AvgIpc) is 2.02. The molecule has 0 aliphatic carbocycles. The third-order valence-corrected chi connectivity index (χ3v) is 3.63. The molecule has 0 spiro atoms. The Morgan fingerprint density at radius 1 is 1.27 bits per heavy atom. The second-order valence-electron chi connectivity index (χ2n) is 2.35. The Bertz CT molecular complexity index is 104. The van der Waals surface area contributed by atoms with Crippen LogP contribution in [0.2, 0.25) is 0 Å². The van der Waals surface area contributed by atoms with Gasteiger partial charge in [-0.15, -0.1) is 0 Å². The van der Waals surface area contributed by atoms with E-state index in [4.69, 9.17) is 13.3 Å². The van der Waals surface area contributed by atoms with Gasteiger partial charge in [-0.25, -0.2) is 0 Å². The molecule has 0 aromatic rings. The van der Waals surface area contributed by atoms with Crippen molar-refractivity contribution in [2.45, 2.75) is 20.3 Å². The molecule has 1 unspecified atom stereocenters. The molecule has 62 valence electrons. The molecule has 0 heterocycles. The molecule has 5 heteroatoms. The van der Waals surface area contributed by atoms with Crippen LogP contribution < -0.4 is 0 Å². The SMILES string of the molecule is [Li][Si](OC)(OCC)OCCC. The van der Waals surface area contributed by atoms with E-state index in [2.05, 4.69) is 6.92 Å². The van der Waals surface area contributed by atoms with E-state index in [-0.39, 0.29) is 0 Å². The fourth-order valence-corrected chi connectivity index (χ4v) is 2.13. The first kappa shape index (κ1) is 11.7. The number of hydrogen-bond acceptors (Lipinski definition) is 3. The van der Waals surface area contributed by atoms with Gasteiger partial charge in [0, 0.05) is 0 Å². The first-order valence-electron chi connectivity index (χ1n) is 4.01. The average molecular weight is 170 g/mol. The number of rotatable bonds is 6. The summed E-state index contributed by atoms with van der Waals surface area (Å²) in [5, 5.41) is 0. The van der Waals surface area contributed by atoms with Crippen molar-refractivity contribution in [3.63, 3.8) is 0 Å². The van der Waals surface area contributed by atoms with Crippen molar-refractivity contribution < 1.29 is 13.3 Å². The van der Waals surface area contributed by atoms with Gasteiger partial charge in [0.05, 0.1) is 0 Å². The van der Waals surface area contributed by atoms with Gasteiger partial charge >= 0.3 is 78.0 Å². The molecular weight excluding hydrogens is 155 g/mol. The van der Waals surface area contributed by atoms with E-state index < -0.39 is 7.13 Å². The summed E-state index contributed by atoms with van der Waals surface area (Å²) < 4.78 is 16.0.